The molecule has 18 heavy (non-hydrogen) atoms. The quantitative estimate of drug-likeness (QED) is 0.807. The van der Waals surface area contributed by atoms with Gasteiger partial charge in [-0.05, 0) is 42.4 Å². The molecule has 3 heteroatoms. The molecule has 2 aliphatic carbocycles. The Kier molecular flexibility index (Phi) is 3.14. The molecule has 0 amide bonds. The fraction of sp³-hybridized carbons (Fsp3) is 0.533. The van der Waals surface area contributed by atoms with Gasteiger partial charge in [-0.1, -0.05) is 30.5 Å². The summed E-state index contributed by atoms with van der Waals surface area (Å²) in [6.45, 7) is 0. The van der Waals surface area contributed by atoms with Crippen molar-refractivity contribution in [1.29, 1.82) is 0 Å². The minimum atomic E-state index is -0.351. The Morgan fingerprint density at radius 3 is 2.56 bits per heavy atom. The summed E-state index contributed by atoms with van der Waals surface area (Å²) in [4.78, 5) is 12.2. The average molecular weight is 267 g/mol. The molecule has 2 atom stereocenters. The fourth-order valence-corrected chi connectivity index (χ4v) is 3.67. The molecule has 3 rings (SSSR count). The van der Waals surface area contributed by atoms with Crippen LogP contribution in [-0.4, -0.2) is 5.78 Å². The van der Waals surface area contributed by atoms with Crippen LogP contribution in [-0.2, 0) is 11.2 Å². The van der Waals surface area contributed by atoms with Gasteiger partial charge in [0.15, 0.2) is 0 Å². The molecular formula is C15H16ClFO. The third-order valence-corrected chi connectivity index (χ3v) is 4.76. The van der Waals surface area contributed by atoms with Crippen LogP contribution in [0.5, 0.6) is 0 Å². The maximum Gasteiger partial charge on any atom is 0.140 e. The molecule has 0 aliphatic heterocycles. The number of halogens is 2. The van der Waals surface area contributed by atoms with E-state index in [4.69, 9.17) is 11.6 Å². The first-order valence-corrected chi connectivity index (χ1v) is 7.01. The van der Waals surface area contributed by atoms with Crippen molar-refractivity contribution >= 4 is 17.4 Å². The van der Waals surface area contributed by atoms with Crippen molar-refractivity contribution in [3.05, 3.63) is 34.6 Å². The van der Waals surface area contributed by atoms with Gasteiger partial charge in [0.2, 0.25) is 0 Å². The Labute approximate surface area is 111 Å². The number of carbonyl (C=O) groups excluding carboxylic acids is 1. The van der Waals surface area contributed by atoms with Gasteiger partial charge in [0, 0.05) is 17.4 Å². The van der Waals surface area contributed by atoms with Crippen LogP contribution in [0.1, 0.15) is 31.2 Å². The Morgan fingerprint density at radius 2 is 1.94 bits per heavy atom. The topological polar surface area (TPSA) is 17.1 Å². The van der Waals surface area contributed by atoms with Gasteiger partial charge >= 0.3 is 0 Å². The highest BCUT2D eigenvalue weighted by atomic mass is 35.5. The summed E-state index contributed by atoms with van der Waals surface area (Å²) in [6.07, 6.45) is 5.30. The summed E-state index contributed by atoms with van der Waals surface area (Å²) in [5.74, 6) is 1.46. The van der Waals surface area contributed by atoms with Crippen LogP contribution in [0.25, 0.3) is 0 Å². The number of hydrogen-bond acceptors (Lipinski definition) is 1. The number of rotatable bonds is 3. The smallest absolute Gasteiger partial charge is 0.140 e. The molecule has 2 unspecified atom stereocenters. The van der Waals surface area contributed by atoms with Crippen molar-refractivity contribution in [3.63, 3.8) is 0 Å². The number of hydrogen-bond donors (Lipinski definition) is 0. The van der Waals surface area contributed by atoms with Gasteiger partial charge in [0.05, 0.1) is 0 Å². The summed E-state index contributed by atoms with van der Waals surface area (Å²) < 4.78 is 12.9. The third-order valence-electron chi connectivity index (χ3n) is 4.41. The van der Waals surface area contributed by atoms with Crippen LogP contribution < -0.4 is 0 Å². The number of ketones is 1. The van der Waals surface area contributed by atoms with E-state index in [1.54, 1.807) is 6.07 Å². The van der Waals surface area contributed by atoms with E-state index >= 15 is 0 Å². The summed E-state index contributed by atoms with van der Waals surface area (Å²) in [7, 11) is 0. The largest absolute Gasteiger partial charge is 0.299 e. The Balaban J connectivity index is 1.68. The predicted molar refractivity (Wildman–Crippen MR) is 69.1 cm³/mol. The van der Waals surface area contributed by atoms with E-state index in [1.807, 2.05) is 0 Å². The van der Waals surface area contributed by atoms with E-state index in [9.17, 15) is 9.18 Å². The Morgan fingerprint density at radius 1 is 1.28 bits per heavy atom. The third kappa shape index (κ3) is 2.18. The van der Waals surface area contributed by atoms with Crippen LogP contribution in [0.4, 0.5) is 4.39 Å². The van der Waals surface area contributed by atoms with Crippen LogP contribution in [0.2, 0.25) is 5.02 Å². The van der Waals surface area contributed by atoms with Crippen LogP contribution in [0, 0.1) is 23.6 Å². The van der Waals surface area contributed by atoms with E-state index < -0.39 is 0 Å². The second-order valence-electron chi connectivity index (χ2n) is 5.52. The van der Waals surface area contributed by atoms with Crippen LogP contribution >= 0.6 is 11.6 Å². The van der Waals surface area contributed by atoms with E-state index in [2.05, 4.69) is 0 Å². The summed E-state index contributed by atoms with van der Waals surface area (Å²) in [5, 5.41) is 0.368. The lowest BCUT2D eigenvalue weighted by atomic mass is 10.0. The molecule has 1 aromatic carbocycles. The van der Waals surface area contributed by atoms with Crippen LogP contribution in [0.3, 0.4) is 0 Å². The highest BCUT2D eigenvalue weighted by molar-refractivity contribution is 6.31. The maximum atomic E-state index is 12.9. The zero-order chi connectivity index (χ0) is 12.7. The second kappa shape index (κ2) is 4.65. The number of carbonyl (C=O) groups is 1. The molecule has 2 aliphatic rings. The standard InChI is InChI=1S/C15H16ClFO/c16-13-8-10(17)6-5-9(13)7-14(18)15-11-3-1-2-4-12(11)15/h5-6,8,11-12,15H,1-4,7H2. The zero-order valence-corrected chi connectivity index (χ0v) is 10.9. The molecule has 0 aromatic heterocycles. The first-order chi connectivity index (χ1) is 8.66. The van der Waals surface area contributed by atoms with Gasteiger partial charge in [-0.3, -0.25) is 4.79 Å². The van der Waals surface area contributed by atoms with E-state index in [0.29, 0.717) is 29.1 Å². The molecule has 0 radical (unpaired) electrons. The van der Waals surface area contributed by atoms with Gasteiger partial charge < -0.3 is 0 Å². The highest BCUT2D eigenvalue weighted by Crippen LogP contribution is 2.56. The van der Waals surface area contributed by atoms with Crippen molar-refractivity contribution in [2.24, 2.45) is 17.8 Å². The first kappa shape index (κ1) is 12.2. The number of Topliss-reactive ketones (excluding diaryl/α,β-unsaturated/α-hetero) is 1. The zero-order valence-electron chi connectivity index (χ0n) is 10.2. The van der Waals surface area contributed by atoms with E-state index in [1.165, 1.54) is 37.8 Å². The molecule has 2 saturated carbocycles. The molecule has 0 heterocycles. The average Bonchev–Trinajstić information content (AvgIpc) is 3.07. The lowest BCUT2D eigenvalue weighted by molar-refractivity contribution is -0.120. The molecule has 0 saturated heterocycles. The Bertz CT molecular complexity index is 473. The molecule has 0 spiro atoms. The van der Waals surface area contributed by atoms with Crippen molar-refractivity contribution in [2.75, 3.05) is 0 Å². The van der Waals surface area contributed by atoms with E-state index in [-0.39, 0.29) is 11.7 Å². The molecule has 1 nitrogen and oxygen atoms in total. The monoisotopic (exact) mass is 266 g/mol. The molecular weight excluding hydrogens is 251 g/mol. The van der Waals surface area contributed by atoms with Crippen molar-refractivity contribution < 1.29 is 9.18 Å². The Hall–Kier alpha value is -0.890. The summed E-state index contributed by atoms with van der Waals surface area (Å²) in [5.41, 5.74) is 0.756. The van der Waals surface area contributed by atoms with Crippen molar-refractivity contribution in [1.82, 2.24) is 0 Å². The summed E-state index contributed by atoms with van der Waals surface area (Å²) in [6, 6.07) is 4.28. The number of fused-ring (bicyclic) bond motifs is 1. The maximum absolute atomic E-state index is 12.9. The SMILES string of the molecule is O=C(Cc1ccc(F)cc1Cl)C1C2CCCCC21. The lowest BCUT2D eigenvalue weighted by Gasteiger charge is -2.04. The van der Waals surface area contributed by atoms with Gasteiger partial charge in [0.25, 0.3) is 0 Å². The van der Waals surface area contributed by atoms with E-state index in [0.717, 1.165) is 5.56 Å². The van der Waals surface area contributed by atoms with Gasteiger partial charge in [-0.25, -0.2) is 4.39 Å². The minimum absolute atomic E-state index is 0.258. The lowest BCUT2D eigenvalue weighted by Crippen LogP contribution is -2.08. The van der Waals surface area contributed by atoms with Crippen LogP contribution in [0.15, 0.2) is 18.2 Å². The summed E-state index contributed by atoms with van der Waals surface area (Å²) >= 11 is 5.96. The molecule has 2 fully saturated rings. The van der Waals surface area contributed by atoms with Crippen molar-refractivity contribution in [2.45, 2.75) is 32.1 Å². The van der Waals surface area contributed by atoms with Gasteiger partial charge in [0.1, 0.15) is 11.6 Å². The molecule has 96 valence electrons. The molecule has 0 N–H and O–H groups in total. The number of benzene rings is 1. The predicted octanol–water partition coefficient (Wildman–Crippen LogP) is 4.03. The second-order valence-corrected chi connectivity index (χ2v) is 5.92. The fourth-order valence-electron chi connectivity index (χ4n) is 3.44. The molecule has 0 bridgehead atoms. The van der Waals surface area contributed by atoms with Gasteiger partial charge in [-0.2, -0.15) is 0 Å². The first-order valence-electron chi connectivity index (χ1n) is 6.63. The highest BCUT2D eigenvalue weighted by Gasteiger charge is 2.53. The minimum Gasteiger partial charge on any atom is -0.299 e. The van der Waals surface area contributed by atoms with Gasteiger partial charge in [-0.15, -0.1) is 0 Å². The normalized spacial score (nSPS) is 29.8. The van der Waals surface area contributed by atoms with Crippen molar-refractivity contribution in [3.8, 4) is 0 Å². The molecule has 1 aromatic rings.